The Hall–Kier alpha value is -0.392. The molecule has 19 heavy (non-hydrogen) atoms. The van der Waals surface area contributed by atoms with Crippen molar-refractivity contribution in [2.24, 2.45) is 5.73 Å². The first kappa shape index (κ1) is 20.9. The third kappa shape index (κ3) is 9.19. The van der Waals surface area contributed by atoms with Crippen LogP contribution in [0.15, 0.2) is 48.5 Å². The fraction of sp³-hybridized carbons (Fsp3) is 0. The van der Waals surface area contributed by atoms with Gasteiger partial charge in [-0.05, 0) is 0 Å². The summed E-state index contributed by atoms with van der Waals surface area (Å²) in [6.07, 6.45) is 0. The van der Waals surface area contributed by atoms with Crippen molar-refractivity contribution in [1.29, 1.82) is 5.26 Å². The molecular weight excluding hydrogens is 390 g/mol. The molecule has 2 N–H and O–H groups in total. The van der Waals surface area contributed by atoms with Gasteiger partial charge < -0.3 is 5.73 Å². The van der Waals surface area contributed by atoms with E-state index in [0.717, 1.165) is 0 Å². The van der Waals surface area contributed by atoms with Crippen LogP contribution in [0.3, 0.4) is 0 Å². The average molecular weight is 400 g/mol. The summed E-state index contributed by atoms with van der Waals surface area (Å²) in [5.74, 6) is -0.399. The molecule has 2 radical (unpaired) electrons. The maximum absolute atomic E-state index is 10.4. The van der Waals surface area contributed by atoms with Crippen LogP contribution in [0.5, 0.6) is 0 Å². The van der Waals surface area contributed by atoms with Gasteiger partial charge in [-0.1, -0.05) is 11.1 Å². The number of hydrogen-bond donors (Lipinski definition) is 1. The summed E-state index contributed by atoms with van der Waals surface area (Å²) in [6.45, 7) is 0. The van der Waals surface area contributed by atoms with Gasteiger partial charge in [0.05, 0.1) is 6.07 Å². The molecule has 1 amide bonds. The van der Waals surface area contributed by atoms with Gasteiger partial charge in [0, 0.05) is 65.4 Å². The van der Waals surface area contributed by atoms with Gasteiger partial charge in [0.15, 0.2) is 0 Å². The topological polar surface area (TPSA) is 66.9 Å². The van der Waals surface area contributed by atoms with E-state index in [0.29, 0.717) is 11.1 Å². The molecule has 0 atom stereocenters. The molecule has 0 spiro atoms. The van der Waals surface area contributed by atoms with Crippen LogP contribution < -0.4 is 5.73 Å². The van der Waals surface area contributed by atoms with Crippen molar-refractivity contribution in [3.63, 3.8) is 0 Å². The third-order valence-corrected chi connectivity index (χ3v) is 1.85. The Bertz CT molecular complexity index is 510. The Morgan fingerprint density at radius 2 is 1.42 bits per heavy atom. The van der Waals surface area contributed by atoms with Gasteiger partial charge >= 0.3 is 0 Å². The zero-order chi connectivity index (χ0) is 12.5. The molecule has 2 aromatic rings. The number of carbonyl (C=O) groups is 1. The maximum Gasteiger partial charge on any atom is 0.224 e. The summed E-state index contributed by atoms with van der Waals surface area (Å²) in [6, 6.07) is 21.0. The first-order chi connectivity index (χ1) is 8.24. The minimum atomic E-state index is -0.399. The Labute approximate surface area is 163 Å². The predicted octanol–water partition coefficient (Wildman–Crippen LogP) is 1.94. The van der Waals surface area contributed by atoms with E-state index >= 15 is 0 Å². The zero-order valence-electron chi connectivity index (χ0n) is 10.2. The molecule has 90 valence electrons. The SMILES string of the molecule is N#Cc1cc[c-]cc1.NC(=O)c1cc[c-]cc1.[Y].[Y]. The van der Waals surface area contributed by atoms with Gasteiger partial charge in [0.25, 0.3) is 0 Å². The molecule has 0 aliphatic carbocycles. The predicted molar refractivity (Wildman–Crippen MR) is 63.8 cm³/mol. The molecule has 0 aliphatic rings. The van der Waals surface area contributed by atoms with Gasteiger partial charge in [-0.25, -0.2) is 0 Å². The van der Waals surface area contributed by atoms with E-state index in [-0.39, 0.29) is 65.4 Å². The van der Waals surface area contributed by atoms with E-state index in [1.54, 1.807) is 48.5 Å². The van der Waals surface area contributed by atoms with Crippen LogP contribution in [-0.2, 0) is 65.4 Å². The largest absolute Gasteiger partial charge is 0.367 e. The summed E-state index contributed by atoms with van der Waals surface area (Å²) >= 11 is 0. The van der Waals surface area contributed by atoms with Gasteiger partial charge in [0.2, 0.25) is 5.91 Å². The molecule has 0 saturated carbocycles. The number of rotatable bonds is 1. The number of benzene rings is 2. The second-order valence-corrected chi connectivity index (χ2v) is 3.05. The van der Waals surface area contributed by atoms with Crippen LogP contribution in [0.4, 0.5) is 0 Å². The molecule has 0 bridgehead atoms. The summed E-state index contributed by atoms with van der Waals surface area (Å²) < 4.78 is 0. The van der Waals surface area contributed by atoms with Crippen LogP contribution in [0, 0.1) is 23.5 Å². The number of carbonyl (C=O) groups excluding carboxylic acids is 1. The molecule has 0 saturated heterocycles. The minimum Gasteiger partial charge on any atom is -0.367 e. The van der Waals surface area contributed by atoms with Crippen molar-refractivity contribution in [2.45, 2.75) is 0 Å². The van der Waals surface area contributed by atoms with Crippen LogP contribution >= 0.6 is 0 Å². The van der Waals surface area contributed by atoms with Gasteiger partial charge in [0.1, 0.15) is 0 Å². The molecule has 0 fully saturated rings. The van der Waals surface area contributed by atoms with E-state index in [4.69, 9.17) is 11.0 Å². The first-order valence-electron chi connectivity index (χ1n) is 4.86. The van der Waals surface area contributed by atoms with Crippen molar-refractivity contribution in [1.82, 2.24) is 0 Å². The maximum atomic E-state index is 10.4. The van der Waals surface area contributed by atoms with E-state index in [1.807, 2.05) is 6.07 Å². The monoisotopic (exact) mass is 400 g/mol. The first-order valence-corrected chi connectivity index (χ1v) is 4.86. The number of amides is 1. The minimum absolute atomic E-state index is 0. The van der Waals surface area contributed by atoms with Crippen LogP contribution in [0.25, 0.3) is 0 Å². The fourth-order valence-corrected chi connectivity index (χ4v) is 1.01. The third-order valence-electron chi connectivity index (χ3n) is 1.85. The Balaban J connectivity index is 0. The molecular formula is C14H10N2OY2-2. The second-order valence-electron chi connectivity index (χ2n) is 3.05. The molecule has 5 heteroatoms. The van der Waals surface area contributed by atoms with Crippen molar-refractivity contribution in [3.05, 3.63) is 71.8 Å². The summed E-state index contributed by atoms with van der Waals surface area (Å²) in [4.78, 5) is 10.4. The van der Waals surface area contributed by atoms with Crippen molar-refractivity contribution in [2.75, 3.05) is 0 Å². The summed E-state index contributed by atoms with van der Waals surface area (Å²) in [7, 11) is 0. The molecule has 0 unspecified atom stereocenters. The average Bonchev–Trinajstić information content (AvgIpc) is 2.41. The van der Waals surface area contributed by atoms with Crippen molar-refractivity contribution >= 4 is 5.91 Å². The molecule has 0 heterocycles. The van der Waals surface area contributed by atoms with E-state index in [1.165, 1.54) is 0 Å². The smallest absolute Gasteiger partial charge is 0.224 e. The van der Waals surface area contributed by atoms with Crippen LogP contribution in [0.2, 0.25) is 0 Å². The van der Waals surface area contributed by atoms with Gasteiger partial charge in [-0.3, -0.25) is 4.79 Å². The fourth-order valence-electron chi connectivity index (χ4n) is 1.01. The Morgan fingerprint density at radius 1 is 1.00 bits per heavy atom. The van der Waals surface area contributed by atoms with Gasteiger partial charge in [-0.2, -0.15) is 65.9 Å². The quantitative estimate of drug-likeness (QED) is 0.744. The van der Waals surface area contributed by atoms with E-state index in [9.17, 15) is 4.79 Å². The molecule has 2 aromatic carbocycles. The Kier molecular flexibility index (Phi) is 13.9. The van der Waals surface area contributed by atoms with E-state index in [2.05, 4.69) is 12.1 Å². The van der Waals surface area contributed by atoms with Crippen LogP contribution in [0.1, 0.15) is 15.9 Å². The normalized spacial score (nSPS) is 7.53. The van der Waals surface area contributed by atoms with Crippen molar-refractivity contribution < 1.29 is 70.2 Å². The zero-order valence-corrected chi connectivity index (χ0v) is 15.9. The number of nitriles is 1. The van der Waals surface area contributed by atoms with Crippen molar-refractivity contribution in [3.8, 4) is 6.07 Å². The number of nitrogens with two attached hydrogens (primary N) is 1. The standard InChI is InChI=1S/C7H6NO.C7H4N.2Y/c8-7(9)6-4-2-1-3-5-6;8-6-7-4-2-1-3-5-7;;/h2-5H,(H2,8,9);2-5H;;/q2*-1;;. The molecule has 3 nitrogen and oxygen atoms in total. The number of hydrogen-bond acceptors (Lipinski definition) is 2. The van der Waals surface area contributed by atoms with Gasteiger partial charge in [-0.15, -0.1) is 0 Å². The van der Waals surface area contributed by atoms with Crippen LogP contribution in [-0.4, -0.2) is 5.91 Å². The second kappa shape index (κ2) is 12.6. The number of nitrogens with zero attached hydrogens (tertiary/aromatic N) is 1. The molecule has 0 aromatic heterocycles. The Morgan fingerprint density at radius 3 is 1.68 bits per heavy atom. The number of primary amides is 1. The van der Waals surface area contributed by atoms with E-state index < -0.39 is 5.91 Å². The molecule has 2 rings (SSSR count). The summed E-state index contributed by atoms with van der Waals surface area (Å²) in [5, 5.41) is 8.27. The molecule has 0 aliphatic heterocycles. The summed E-state index contributed by atoms with van der Waals surface area (Å²) in [5.41, 5.74) is 6.17.